The van der Waals surface area contributed by atoms with Crippen molar-refractivity contribution in [1.29, 1.82) is 0 Å². The van der Waals surface area contributed by atoms with E-state index in [4.69, 9.17) is 14.2 Å². The second kappa shape index (κ2) is 6.63. The highest BCUT2D eigenvalue weighted by Gasteiger charge is 2.27. The van der Waals surface area contributed by atoms with Crippen LogP contribution in [0.2, 0.25) is 0 Å². The largest absolute Gasteiger partial charge is 0.484 e. The quantitative estimate of drug-likeness (QED) is 0.856. The van der Waals surface area contributed by atoms with E-state index >= 15 is 0 Å². The van der Waals surface area contributed by atoms with Crippen molar-refractivity contribution in [2.24, 2.45) is 0 Å². The SMILES string of the molecule is O=C(COc1ccc2c(c1)OCO2)N1CC[C@H](c2ccc(F)cc2)C1. The molecule has 0 radical (unpaired) electrons. The molecule has 0 aromatic heterocycles. The Morgan fingerprint density at radius 1 is 1.16 bits per heavy atom. The maximum absolute atomic E-state index is 13.0. The molecule has 2 aliphatic rings. The minimum Gasteiger partial charge on any atom is -0.484 e. The Labute approximate surface area is 144 Å². The van der Waals surface area contributed by atoms with Crippen molar-refractivity contribution in [3.63, 3.8) is 0 Å². The Kier molecular flexibility index (Phi) is 4.17. The maximum atomic E-state index is 13.0. The standard InChI is InChI=1S/C19H18FNO4/c20-15-3-1-13(2-4-15)14-7-8-21(10-14)19(22)11-23-16-5-6-17-18(9-16)25-12-24-17/h1-6,9,14H,7-8,10-12H2/t14-/m0/s1. The first-order valence-corrected chi connectivity index (χ1v) is 8.25. The zero-order valence-electron chi connectivity index (χ0n) is 13.6. The molecular weight excluding hydrogens is 325 g/mol. The van der Waals surface area contributed by atoms with E-state index in [9.17, 15) is 9.18 Å². The maximum Gasteiger partial charge on any atom is 0.260 e. The van der Waals surface area contributed by atoms with Crippen LogP contribution in [0.1, 0.15) is 17.9 Å². The molecule has 1 amide bonds. The summed E-state index contributed by atoms with van der Waals surface area (Å²) < 4.78 is 29.1. The van der Waals surface area contributed by atoms with E-state index in [1.54, 1.807) is 35.2 Å². The van der Waals surface area contributed by atoms with Crippen LogP contribution in [0.3, 0.4) is 0 Å². The summed E-state index contributed by atoms with van der Waals surface area (Å²) in [5, 5.41) is 0. The Hall–Kier alpha value is -2.76. The van der Waals surface area contributed by atoms with Gasteiger partial charge in [-0.3, -0.25) is 4.79 Å². The molecule has 5 nitrogen and oxygen atoms in total. The molecule has 0 unspecified atom stereocenters. The third-order valence-corrected chi connectivity index (χ3v) is 4.59. The monoisotopic (exact) mass is 343 g/mol. The molecule has 6 heteroatoms. The van der Waals surface area contributed by atoms with Crippen LogP contribution in [-0.2, 0) is 4.79 Å². The highest BCUT2D eigenvalue weighted by atomic mass is 19.1. The van der Waals surface area contributed by atoms with Crippen LogP contribution in [0.4, 0.5) is 4.39 Å². The number of nitrogens with zero attached hydrogens (tertiary/aromatic N) is 1. The van der Waals surface area contributed by atoms with E-state index in [0.717, 1.165) is 12.0 Å². The summed E-state index contributed by atoms with van der Waals surface area (Å²) in [6.07, 6.45) is 0.876. The average molecular weight is 343 g/mol. The molecule has 0 spiro atoms. The van der Waals surface area contributed by atoms with Crippen molar-refractivity contribution in [3.8, 4) is 17.2 Å². The molecule has 0 aliphatic carbocycles. The van der Waals surface area contributed by atoms with Gasteiger partial charge in [0.05, 0.1) is 0 Å². The fourth-order valence-corrected chi connectivity index (χ4v) is 3.20. The van der Waals surface area contributed by atoms with Crippen molar-refractivity contribution >= 4 is 5.91 Å². The van der Waals surface area contributed by atoms with Crippen molar-refractivity contribution < 1.29 is 23.4 Å². The summed E-state index contributed by atoms with van der Waals surface area (Å²) in [5.74, 6) is 1.83. The number of carbonyl (C=O) groups excluding carboxylic acids is 1. The minimum atomic E-state index is -0.244. The molecule has 25 heavy (non-hydrogen) atoms. The second-order valence-corrected chi connectivity index (χ2v) is 6.18. The summed E-state index contributed by atoms with van der Waals surface area (Å²) in [6.45, 7) is 1.51. The number of halogens is 1. The smallest absolute Gasteiger partial charge is 0.260 e. The molecule has 1 atom stereocenters. The Balaban J connectivity index is 1.32. The topological polar surface area (TPSA) is 48.0 Å². The third-order valence-electron chi connectivity index (χ3n) is 4.59. The van der Waals surface area contributed by atoms with Gasteiger partial charge >= 0.3 is 0 Å². The van der Waals surface area contributed by atoms with Crippen molar-refractivity contribution in [2.75, 3.05) is 26.5 Å². The van der Waals surface area contributed by atoms with Gasteiger partial charge in [-0.1, -0.05) is 12.1 Å². The number of likely N-dealkylation sites (tertiary alicyclic amines) is 1. The highest BCUT2D eigenvalue weighted by Crippen LogP contribution is 2.35. The number of amides is 1. The lowest BCUT2D eigenvalue weighted by molar-refractivity contribution is -0.132. The van der Waals surface area contributed by atoms with Gasteiger partial charge in [0, 0.05) is 25.1 Å². The number of hydrogen-bond acceptors (Lipinski definition) is 4. The number of fused-ring (bicyclic) bond motifs is 1. The minimum absolute atomic E-state index is 0.0181. The summed E-state index contributed by atoms with van der Waals surface area (Å²) >= 11 is 0. The molecule has 130 valence electrons. The van der Waals surface area contributed by atoms with Crippen molar-refractivity contribution in [1.82, 2.24) is 4.90 Å². The number of benzene rings is 2. The van der Waals surface area contributed by atoms with E-state index in [1.807, 2.05) is 0 Å². The zero-order chi connectivity index (χ0) is 17.2. The molecule has 2 aliphatic heterocycles. The zero-order valence-corrected chi connectivity index (χ0v) is 13.6. The van der Waals surface area contributed by atoms with Gasteiger partial charge in [0.1, 0.15) is 11.6 Å². The first kappa shape index (κ1) is 15.7. The molecule has 0 bridgehead atoms. The molecule has 1 fully saturated rings. The van der Waals surface area contributed by atoms with E-state index in [0.29, 0.717) is 30.3 Å². The van der Waals surface area contributed by atoms with Crippen LogP contribution >= 0.6 is 0 Å². The van der Waals surface area contributed by atoms with Crippen LogP contribution in [0.15, 0.2) is 42.5 Å². The molecule has 2 heterocycles. The Morgan fingerprint density at radius 2 is 1.96 bits per heavy atom. The number of hydrogen-bond donors (Lipinski definition) is 0. The number of ether oxygens (including phenoxy) is 3. The van der Waals surface area contributed by atoms with E-state index in [1.165, 1.54) is 12.1 Å². The first-order valence-electron chi connectivity index (χ1n) is 8.25. The number of rotatable bonds is 4. The summed E-state index contributed by atoms with van der Waals surface area (Å²) in [5.41, 5.74) is 1.06. The summed E-state index contributed by atoms with van der Waals surface area (Å²) in [7, 11) is 0. The highest BCUT2D eigenvalue weighted by molar-refractivity contribution is 5.78. The molecular formula is C19H18FNO4. The lowest BCUT2D eigenvalue weighted by Crippen LogP contribution is -2.32. The summed E-state index contributed by atoms with van der Waals surface area (Å²) in [4.78, 5) is 14.2. The van der Waals surface area contributed by atoms with Gasteiger partial charge in [-0.2, -0.15) is 0 Å². The molecule has 0 N–H and O–H groups in total. The van der Waals surface area contributed by atoms with Crippen LogP contribution in [0, 0.1) is 5.82 Å². The van der Waals surface area contributed by atoms with E-state index < -0.39 is 0 Å². The van der Waals surface area contributed by atoms with Gasteiger partial charge in [-0.25, -0.2) is 4.39 Å². The van der Waals surface area contributed by atoms with Crippen LogP contribution in [0.5, 0.6) is 17.2 Å². The predicted molar refractivity (Wildman–Crippen MR) is 88.4 cm³/mol. The molecule has 0 saturated carbocycles. The van der Waals surface area contributed by atoms with E-state index in [2.05, 4.69) is 0 Å². The van der Waals surface area contributed by atoms with Gasteiger partial charge in [0.15, 0.2) is 18.1 Å². The third kappa shape index (κ3) is 3.38. The lowest BCUT2D eigenvalue weighted by Gasteiger charge is -2.17. The second-order valence-electron chi connectivity index (χ2n) is 6.18. The molecule has 1 saturated heterocycles. The van der Waals surface area contributed by atoms with Crippen molar-refractivity contribution in [2.45, 2.75) is 12.3 Å². The average Bonchev–Trinajstić information content (AvgIpc) is 3.29. The van der Waals surface area contributed by atoms with Gasteiger partial charge in [0.25, 0.3) is 5.91 Å². The fraction of sp³-hybridized carbons (Fsp3) is 0.316. The molecule has 2 aromatic rings. The normalized spacial score (nSPS) is 18.4. The number of carbonyl (C=O) groups is 1. The lowest BCUT2D eigenvalue weighted by atomic mass is 9.99. The fourth-order valence-electron chi connectivity index (χ4n) is 3.20. The Morgan fingerprint density at radius 3 is 2.80 bits per heavy atom. The summed E-state index contributed by atoms with van der Waals surface area (Å²) in [6, 6.07) is 11.7. The van der Waals surface area contributed by atoms with Gasteiger partial charge in [0.2, 0.25) is 6.79 Å². The van der Waals surface area contributed by atoms with E-state index in [-0.39, 0.29) is 31.0 Å². The first-order chi connectivity index (χ1) is 12.2. The van der Waals surface area contributed by atoms with Gasteiger partial charge < -0.3 is 19.1 Å². The van der Waals surface area contributed by atoms with Gasteiger partial charge in [-0.05, 0) is 36.2 Å². The van der Waals surface area contributed by atoms with Crippen LogP contribution in [0.25, 0.3) is 0 Å². The predicted octanol–water partition coefficient (Wildman–Crippen LogP) is 2.95. The molecule has 2 aromatic carbocycles. The van der Waals surface area contributed by atoms with Crippen molar-refractivity contribution in [3.05, 3.63) is 53.8 Å². The van der Waals surface area contributed by atoms with Crippen LogP contribution < -0.4 is 14.2 Å². The Bertz CT molecular complexity index is 777. The van der Waals surface area contributed by atoms with Crippen LogP contribution in [-0.4, -0.2) is 37.3 Å². The van der Waals surface area contributed by atoms with Gasteiger partial charge in [-0.15, -0.1) is 0 Å². The molecule has 4 rings (SSSR count).